The number of hydrogen-bond acceptors (Lipinski definition) is 8. The molecule has 2 aromatic heterocycles. The average molecular weight is 583 g/mol. The van der Waals surface area contributed by atoms with Crippen molar-refractivity contribution in [3.05, 3.63) is 52.4 Å². The van der Waals surface area contributed by atoms with Gasteiger partial charge in [-0.1, -0.05) is 11.6 Å². The molecule has 3 atom stereocenters. The molecule has 2 aromatic rings. The van der Waals surface area contributed by atoms with E-state index in [-0.39, 0.29) is 34.6 Å². The van der Waals surface area contributed by atoms with Crippen LogP contribution in [0, 0.1) is 11.6 Å². The SMILES string of the molecule is CC(C)(C)OC(=O)NC1=N[C@](C)(c2nc(NC(=O)c3ncc(F)cc3Cl)ccc2F)[C@H]2CCN=[S@@]2(=O)C1(C)C. The third kappa shape index (κ3) is 5.21. The number of ether oxygens (including phenoxy) is 1. The van der Waals surface area contributed by atoms with Gasteiger partial charge in [0.25, 0.3) is 5.91 Å². The Morgan fingerprint density at radius 1 is 1.18 bits per heavy atom. The molecule has 0 spiro atoms. The number of fused-ring (bicyclic) bond motifs is 1. The molecule has 14 heteroatoms. The number of carbonyl (C=O) groups excluding carboxylic acids is 2. The fourth-order valence-electron chi connectivity index (χ4n) is 4.65. The topological polar surface area (TPSA) is 135 Å². The first-order chi connectivity index (χ1) is 18.0. The number of hydrogen-bond donors (Lipinski definition) is 2. The molecule has 10 nitrogen and oxygen atoms in total. The molecule has 0 saturated heterocycles. The Bertz CT molecular complexity index is 1520. The van der Waals surface area contributed by atoms with E-state index in [4.69, 9.17) is 21.3 Å². The van der Waals surface area contributed by atoms with Crippen LogP contribution in [0.1, 0.15) is 64.1 Å². The van der Waals surface area contributed by atoms with Gasteiger partial charge in [0.1, 0.15) is 50.6 Å². The first kappa shape index (κ1) is 28.8. The van der Waals surface area contributed by atoms with Crippen LogP contribution in [0.4, 0.5) is 19.4 Å². The first-order valence-corrected chi connectivity index (χ1v) is 14.0. The molecule has 4 heterocycles. The molecule has 0 radical (unpaired) electrons. The molecule has 2 aliphatic heterocycles. The van der Waals surface area contributed by atoms with Crippen molar-refractivity contribution < 1.29 is 27.3 Å². The summed E-state index contributed by atoms with van der Waals surface area (Å²) in [6.45, 7) is 10.2. The minimum Gasteiger partial charge on any atom is -0.444 e. The third-order valence-electron chi connectivity index (χ3n) is 6.54. The number of nitrogens with zero attached hydrogens (tertiary/aromatic N) is 4. The summed E-state index contributed by atoms with van der Waals surface area (Å²) in [7, 11) is -3.11. The lowest BCUT2D eigenvalue weighted by Crippen LogP contribution is -2.61. The molecule has 2 N–H and O–H groups in total. The number of pyridine rings is 2. The number of nitrogens with one attached hydrogen (secondary N) is 2. The van der Waals surface area contributed by atoms with Crippen molar-refractivity contribution >= 4 is 45.0 Å². The molecule has 210 valence electrons. The maximum absolute atomic E-state index is 15.4. The molecule has 0 fully saturated rings. The van der Waals surface area contributed by atoms with Gasteiger partial charge in [0.15, 0.2) is 0 Å². The monoisotopic (exact) mass is 582 g/mol. The Balaban J connectivity index is 1.78. The Morgan fingerprint density at radius 2 is 1.87 bits per heavy atom. The van der Waals surface area contributed by atoms with E-state index in [2.05, 4.69) is 25.0 Å². The minimum atomic E-state index is -3.11. The van der Waals surface area contributed by atoms with Crippen LogP contribution in [0.3, 0.4) is 0 Å². The van der Waals surface area contributed by atoms with Crippen molar-refractivity contribution in [1.29, 1.82) is 0 Å². The van der Waals surface area contributed by atoms with Gasteiger partial charge in [-0.25, -0.2) is 32.1 Å². The maximum Gasteiger partial charge on any atom is 0.413 e. The molecule has 0 bridgehead atoms. The zero-order valence-corrected chi connectivity index (χ0v) is 23.8. The summed E-state index contributed by atoms with van der Waals surface area (Å²) in [5, 5.41) is 4.12. The fourth-order valence-corrected chi connectivity index (χ4v) is 8.06. The van der Waals surface area contributed by atoms with E-state index >= 15 is 4.39 Å². The Hall–Kier alpha value is -3.19. The number of amides is 2. The van der Waals surface area contributed by atoms with Crippen molar-refractivity contribution in [2.24, 2.45) is 9.36 Å². The highest BCUT2D eigenvalue weighted by Crippen LogP contribution is 2.47. The normalized spacial score (nSPS) is 25.7. The predicted octanol–water partition coefficient (Wildman–Crippen LogP) is 4.83. The van der Waals surface area contributed by atoms with E-state index in [0.717, 1.165) is 18.3 Å². The molecular weight excluding hydrogens is 554 g/mol. The van der Waals surface area contributed by atoms with Crippen LogP contribution in [0.5, 0.6) is 0 Å². The minimum absolute atomic E-state index is 0.0177. The largest absolute Gasteiger partial charge is 0.444 e. The van der Waals surface area contributed by atoms with Crippen LogP contribution in [0.2, 0.25) is 5.02 Å². The second-order valence-electron chi connectivity index (χ2n) is 10.9. The summed E-state index contributed by atoms with van der Waals surface area (Å²) in [5.74, 6) is -2.32. The van der Waals surface area contributed by atoms with Crippen molar-refractivity contribution in [3.8, 4) is 0 Å². The van der Waals surface area contributed by atoms with E-state index in [0.29, 0.717) is 6.42 Å². The number of amidine groups is 1. The van der Waals surface area contributed by atoms with Gasteiger partial charge in [-0.3, -0.25) is 15.1 Å². The molecule has 4 rings (SSSR count). The molecule has 2 aliphatic rings. The number of alkyl carbamates (subject to hydrolysis) is 1. The number of aliphatic imine (C=N–C) groups is 1. The number of aromatic nitrogens is 2. The lowest BCUT2D eigenvalue weighted by molar-refractivity contribution is 0.0560. The maximum atomic E-state index is 15.4. The molecule has 0 aliphatic carbocycles. The van der Waals surface area contributed by atoms with Gasteiger partial charge >= 0.3 is 6.09 Å². The second-order valence-corrected chi connectivity index (χ2v) is 14.3. The lowest BCUT2D eigenvalue weighted by Gasteiger charge is -2.44. The molecule has 0 saturated carbocycles. The highest BCUT2D eigenvalue weighted by atomic mass is 35.5. The van der Waals surface area contributed by atoms with Crippen LogP contribution < -0.4 is 10.6 Å². The number of anilines is 1. The highest BCUT2D eigenvalue weighted by molar-refractivity contribution is 7.96. The third-order valence-corrected chi connectivity index (χ3v) is 10.5. The standard InChI is InChI=1S/C25H29ClF2N6O4S/c1-23(2,3)38-22(36)33-21-24(4,5)39(37)16(9-10-30-39)25(6,34-21)19-15(28)7-8-17(31-19)32-20(35)18-14(26)11-13(27)12-29-18/h7-8,11-12,16H,9-10H2,1-6H3,(H,31,32,35)(H,33,34,36)/t16-,25+,39+/m1/s1. The number of carbonyl (C=O) groups is 2. The van der Waals surface area contributed by atoms with Crippen molar-refractivity contribution in [3.63, 3.8) is 0 Å². The number of rotatable bonds is 3. The summed E-state index contributed by atoms with van der Waals surface area (Å²) < 4.78 is 51.8. The highest BCUT2D eigenvalue weighted by Gasteiger charge is 2.58. The van der Waals surface area contributed by atoms with Crippen molar-refractivity contribution in [2.45, 2.75) is 69.1 Å². The summed E-state index contributed by atoms with van der Waals surface area (Å²) in [5.41, 5.74) is -2.80. The van der Waals surface area contributed by atoms with E-state index < -0.39 is 54.5 Å². The average Bonchev–Trinajstić information content (AvgIpc) is 3.22. The summed E-state index contributed by atoms with van der Waals surface area (Å²) in [6, 6.07) is 3.25. The van der Waals surface area contributed by atoms with E-state index in [9.17, 15) is 18.2 Å². The summed E-state index contributed by atoms with van der Waals surface area (Å²) >= 11 is 5.94. The van der Waals surface area contributed by atoms with Crippen LogP contribution in [-0.2, 0) is 20.0 Å². The smallest absolute Gasteiger partial charge is 0.413 e. The van der Waals surface area contributed by atoms with Crippen LogP contribution in [-0.4, -0.2) is 54.2 Å². The van der Waals surface area contributed by atoms with Gasteiger partial charge in [0.05, 0.1) is 26.2 Å². The molecule has 2 amide bonds. The van der Waals surface area contributed by atoms with Gasteiger partial charge in [0, 0.05) is 6.54 Å². The first-order valence-electron chi connectivity index (χ1n) is 12.1. The second kappa shape index (κ2) is 9.77. The van der Waals surface area contributed by atoms with Crippen molar-refractivity contribution in [2.75, 3.05) is 11.9 Å². The zero-order valence-electron chi connectivity index (χ0n) is 22.3. The van der Waals surface area contributed by atoms with Crippen LogP contribution in [0.25, 0.3) is 0 Å². The molecule has 0 unspecified atom stereocenters. The van der Waals surface area contributed by atoms with Gasteiger partial charge < -0.3 is 10.1 Å². The summed E-state index contributed by atoms with van der Waals surface area (Å²) in [6.07, 6.45) is 0.368. The predicted molar refractivity (Wildman–Crippen MR) is 143 cm³/mol. The molecule has 0 aromatic carbocycles. The molecular formula is C25H29ClF2N6O4S. The van der Waals surface area contributed by atoms with Gasteiger partial charge in [-0.05, 0) is 66.2 Å². The number of halogens is 3. The Morgan fingerprint density at radius 3 is 2.51 bits per heavy atom. The van der Waals surface area contributed by atoms with E-state index in [1.54, 1.807) is 41.5 Å². The van der Waals surface area contributed by atoms with Gasteiger partial charge in [-0.2, -0.15) is 0 Å². The fraction of sp³-hybridized carbons (Fsp3) is 0.480. The van der Waals surface area contributed by atoms with E-state index in [1.165, 1.54) is 6.07 Å². The Labute approximate surface area is 230 Å². The van der Waals surface area contributed by atoms with Crippen molar-refractivity contribution in [1.82, 2.24) is 15.3 Å². The van der Waals surface area contributed by atoms with Gasteiger partial charge in [-0.15, -0.1) is 0 Å². The quantitative estimate of drug-likeness (QED) is 0.532. The van der Waals surface area contributed by atoms with Crippen LogP contribution >= 0.6 is 11.6 Å². The lowest BCUT2D eigenvalue weighted by atomic mass is 9.89. The van der Waals surface area contributed by atoms with E-state index in [1.807, 2.05) is 0 Å². The Kier molecular flexibility index (Phi) is 7.22. The van der Waals surface area contributed by atoms with Crippen LogP contribution in [0.15, 0.2) is 33.8 Å². The summed E-state index contributed by atoms with van der Waals surface area (Å²) in [4.78, 5) is 38.2. The molecule has 39 heavy (non-hydrogen) atoms. The zero-order chi connectivity index (χ0) is 29.0. The van der Waals surface area contributed by atoms with Gasteiger partial charge in [0.2, 0.25) is 0 Å².